The molecule has 290 valence electrons. The second-order valence-corrected chi connectivity index (χ2v) is 16.5. The van der Waals surface area contributed by atoms with Crippen molar-refractivity contribution in [2.75, 3.05) is 33.8 Å². The molecule has 1 heterocycles. The molecule has 10 heteroatoms. The van der Waals surface area contributed by atoms with Crippen molar-refractivity contribution in [3.8, 4) is 0 Å². The zero-order valence-corrected chi connectivity index (χ0v) is 33.9. The molecule has 0 radical (unpaired) electrons. The first-order valence-corrected chi connectivity index (χ1v) is 19.6. The number of esters is 1. The number of rotatable bonds is 23. The van der Waals surface area contributed by atoms with Gasteiger partial charge in [-0.25, -0.2) is 28.1 Å². The van der Waals surface area contributed by atoms with Crippen molar-refractivity contribution in [3.63, 3.8) is 0 Å². The minimum atomic E-state index is -0.870. The summed E-state index contributed by atoms with van der Waals surface area (Å²) in [6.45, 7) is 20.4. The van der Waals surface area contributed by atoms with Gasteiger partial charge in [0.05, 0.1) is 26.1 Å². The first kappa shape index (κ1) is 44.2. The van der Waals surface area contributed by atoms with Crippen molar-refractivity contribution in [3.05, 3.63) is 66.8 Å². The fraction of sp³-hybridized carbons (Fsp3) is 0.756. The molecule has 0 aliphatic heterocycles. The van der Waals surface area contributed by atoms with Gasteiger partial charge in [-0.15, -0.1) is 0 Å². The zero-order valence-electron chi connectivity index (χ0n) is 33.9. The van der Waals surface area contributed by atoms with Crippen LogP contribution < -0.4 is 17.1 Å². The lowest BCUT2D eigenvalue weighted by Gasteiger charge is -2.32. The Labute approximate surface area is 307 Å². The molecule has 0 aliphatic carbocycles. The smallest absolute Gasteiger partial charge is 0.336 e. The van der Waals surface area contributed by atoms with E-state index in [4.69, 9.17) is 4.74 Å². The normalized spacial score (nSPS) is 16.2. The van der Waals surface area contributed by atoms with Crippen LogP contribution in [0.2, 0.25) is 0 Å². The Morgan fingerprint density at radius 2 is 1.41 bits per heavy atom. The van der Waals surface area contributed by atoms with E-state index in [1.165, 1.54) is 24.8 Å². The van der Waals surface area contributed by atoms with Gasteiger partial charge in [-0.05, 0) is 86.7 Å². The van der Waals surface area contributed by atoms with Gasteiger partial charge in [0, 0.05) is 19.6 Å². The van der Waals surface area contributed by atoms with Crippen molar-refractivity contribution in [2.45, 2.75) is 151 Å². The van der Waals surface area contributed by atoms with Crippen molar-refractivity contribution in [1.29, 1.82) is 0 Å². The number of carbonyl (C=O) groups excluding carboxylic acids is 1. The van der Waals surface area contributed by atoms with Crippen LogP contribution in [-0.2, 0) is 29.2 Å². The van der Waals surface area contributed by atoms with Crippen LogP contribution in [0, 0.1) is 17.3 Å². The van der Waals surface area contributed by atoms with Crippen molar-refractivity contribution >= 4 is 5.97 Å². The molecule has 0 saturated carbocycles. The summed E-state index contributed by atoms with van der Waals surface area (Å²) in [6, 6.07) is 8.80. The van der Waals surface area contributed by atoms with Crippen LogP contribution in [0.15, 0.2) is 38.6 Å². The predicted octanol–water partition coefficient (Wildman–Crippen LogP) is 6.54. The standard InChI is InChI=1S/C41H71N4O6/c1-12-16-22-42-38(48)43(26-30(5)20-21-33(8)35-19-17-18-34(24-35)32(7)14-3)40(50)44(39(42)49)27-31(6)25-41(9,15-4)37(47)51-29-36(46)28-45(10,11)23-13-2/h17-19,24,30-33,36,46H,12-16,20-23,25-29H2,1-11H3/q+1. The first-order valence-electron chi connectivity index (χ1n) is 19.6. The minimum absolute atomic E-state index is 0.0402. The number of ether oxygens (including phenoxy) is 1. The number of carbonyl (C=O) groups is 1. The van der Waals surface area contributed by atoms with Crippen molar-refractivity contribution in [1.82, 2.24) is 13.7 Å². The maximum absolute atomic E-state index is 13.9. The summed E-state index contributed by atoms with van der Waals surface area (Å²) < 4.78 is 9.91. The molecule has 0 fully saturated rings. The second-order valence-electron chi connectivity index (χ2n) is 16.5. The lowest BCUT2D eigenvalue weighted by atomic mass is 9.79. The van der Waals surface area contributed by atoms with Gasteiger partial charge in [0.2, 0.25) is 0 Å². The van der Waals surface area contributed by atoms with E-state index < -0.39 is 34.6 Å². The summed E-state index contributed by atoms with van der Waals surface area (Å²) in [6.07, 6.45) is 5.36. The molecule has 1 aromatic carbocycles. The Kier molecular flexibility index (Phi) is 17.6. The highest BCUT2D eigenvalue weighted by Gasteiger charge is 2.36. The Morgan fingerprint density at radius 3 is 1.96 bits per heavy atom. The highest BCUT2D eigenvalue weighted by atomic mass is 16.5. The number of quaternary nitrogens is 1. The summed E-state index contributed by atoms with van der Waals surface area (Å²) in [5.41, 5.74) is 0.0386. The largest absolute Gasteiger partial charge is 0.462 e. The van der Waals surface area contributed by atoms with Gasteiger partial charge in [0.25, 0.3) is 0 Å². The lowest BCUT2D eigenvalue weighted by Crippen LogP contribution is -2.55. The molecule has 10 nitrogen and oxygen atoms in total. The molecule has 1 aromatic heterocycles. The highest BCUT2D eigenvalue weighted by molar-refractivity contribution is 5.76. The molecule has 6 unspecified atom stereocenters. The Morgan fingerprint density at radius 1 is 0.843 bits per heavy atom. The minimum Gasteiger partial charge on any atom is -0.462 e. The SMILES string of the molecule is CCCCn1c(=O)n(CC(C)CCC(C)c2cccc(C(C)CC)c2)c(=O)n(CC(C)CC(C)(CC)C(=O)OCC(O)C[N+](C)(C)CCC)c1=O. The topological polar surface area (TPSA) is 113 Å². The van der Waals surface area contributed by atoms with E-state index >= 15 is 0 Å². The zero-order chi connectivity index (χ0) is 38.5. The fourth-order valence-electron chi connectivity index (χ4n) is 7.20. The van der Waals surface area contributed by atoms with E-state index in [1.54, 1.807) is 0 Å². The number of hydrogen-bond donors (Lipinski definition) is 1. The number of aliphatic hydroxyl groups excluding tert-OH is 1. The molecule has 0 bridgehead atoms. The van der Waals surface area contributed by atoms with Crippen LogP contribution in [0.25, 0.3) is 0 Å². The molecule has 0 amide bonds. The van der Waals surface area contributed by atoms with Gasteiger partial charge in [-0.2, -0.15) is 0 Å². The van der Waals surface area contributed by atoms with E-state index in [2.05, 4.69) is 58.9 Å². The van der Waals surface area contributed by atoms with Crippen LogP contribution in [0.4, 0.5) is 0 Å². The number of aromatic nitrogens is 3. The summed E-state index contributed by atoms with van der Waals surface area (Å²) in [5.74, 6) is 0.238. The van der Waals surface area contributed by atoms with E-state index in [-0.39, 0.29) is 38.1 Å². The molecular weight excluding hydrogens is 644 g/mol. The van der Waals surface area contributed by atoms with Crippen LogP contribution in [-0.4, -0.2) is 69.2 Å². The van der Waals surface area contributed by atoms with Gasteiger partial charge >= 0.3 is 23.0 Å². The number of benzene rings is 1. The second kappa shape index (κ2) is 20.3. The summed E-state index contributed by atoms with van der Waals surface area (Å²) >= 11 is 0. The van der Waals surface area contributed by atoms with Gasteiger partial charge in [-0.3, -0.25) is 4.79 Å². The van der Waals surface area contributed by atoms with Crippen LogP contribution in [0.3, 0.4) is 0 Å². The van der Waals surface area contributed by atoms with E-state index in [1.807, 2.05) is 41.8 Å². The van der Waals surface area contributed by atoms with E-state index in [0.717, 1.165) is 38.6 Å². The average Bonchev–Trinajstić information content (AvgIpc) is 3.09. The number of unbranched alkanes of at least 4 members (excludes halogenated alkanes) is 1. The maximum Gasteiger partial charge on any atom is 0.336 e. The number of aliphatic hydroxyl groups is 1. The van der Waals surface area contributed by atoms with E-state index in [9.17, 15) is 24.3 Å². The third-order valence-electron chi connectivity index (χ3n) is 10.9. The molecule has 0 saturated heterocycles. The molecule has 1 N–H and O–H groups in total. The summed E-state index contributed by atoms with van der Waals surface area (Å²) in [5, 5.41) is 10.6. The van der Waals surface area contributed by atoms with Crippen LogP contribution in [0.5, 0.6) is 0 Å². The summed E-state index contributed by atoms with van der Waals surface area (Å²) in [7, 11) is 4.09. The summed E-state index contributed by atoms with van der Waals surface area (Å²) in [4.78, 5) is 54.5. The molecule has 0 spiro atoms. The van der Waals surface area contributed by atoms with Gasteiger partial charge in [-0.1, -0.05) is 86.1 Å². The number of nitrogens with zero attached hydrogens (tertiary/aromatic N) is 4. The lowest BCUT2D eigenvalue weighted by molar-refractivity contribution is -0.893. The Balaban J connectivity index is 2.24. The van der Waals surface area contributed by atoms with Gasteiger partial charge in [0.15, 0.2) is 0 Å². The van der Waals surface area contributed by atoms with E-state index in [0.29, 0.717) is 42.1 Å². The van der Waals surface area contributed by atoms with Crippen LogP contribution in [0.1, 0.15) is 137 Å². The van der Waals surface area contributed by atoms with Gasteiger partial charge in [0.1, 0.15) is 19.3 Å². The molecular formula is C41H71N4O6+. The quantitative estimate of drug-likeness (QED) is 0.103. The van der Waals surface area contributed by atoms with Crippen LogP contribution >= 0.6 is 0 Å². The predicted molar refractivity (Wildman–Crippen MR) is 207 cm³/mol. The molecule has 0 aliphatic rings. The van der Waals surface area contributed by atoms with Crippen molar-refractivity contribution in [2.24, 2.45) is 17.3 Å². The monoisotopic (exact) mass is 716 g/mol. The third kappa shape index (κ3) is 12.9. The Hall–Kier alpha value is -2.98. The number of hydrogen-bond acceptors (Lipinski definition) is 6. The molecule has 2 aromatic rings. The Bertz CT molecular complexity index is 1560. The molecule has 2 rings (SSSR count). The molecule has 6 atom stereocenters. The maximum atomic E-state index is 13.9. The third-order valence-corrected chi connectivity index (χ3v) is 10.9. The fourth-order valence-corrected chi connectivity index (χ4v) is 7.20. The average molecular weight is 716 g/mol. The van der Waals surface area contributed by atoms with Crippen molar-refractivity contribution < 1.29 is 19.1 Å². The van der Waals surface area contributed by atoms with Gasteiger partial charge < -0.3 is 14.3 Å². The molecule has 51 heavy (non-hydrogen) atoms. The number of likely N-dealkylation sites (N-methyl/N-ethyl adjacent to an activating group) is 1. The highest BCUT2D eigenvalue weighted by Crippen LogP contribution is 2.32. The first-order chi connectivity index (χ1) is 23.9.